The molecule has 0 heterocycles. The lowest BCUT2D eigenvalue weighted by Crippen LogP contribution is -2.21. The average molecular weight is 354 g/mol. The van der Waals surface area contributed by atoms with E-state index in [1.165, 1.54) is 122 Å². The fourth-order valence-electron chi connectivity index (χ4n) is 4.29. The molecule has 152 valence electrons. The van der Waals surface area contributed by atoms with Crippen LogP contribution in [0, 0.1) is 5.41 Å². The SMILES string of the molecule is CCCCC(CCCC)(CCCC)CCCCCCCCCCCN. The molecule has 0 aliphatic heterocycles. The number of hydrogen-bond acceptors (Lipinski definition) is 1. The van der Waals surface area contributed by atoms with Crippen LogP contribution in [0.25, 0.3) is 0 Å². The number of hydrogen-bond donors (Lipinski definition) is 1. The molecular formula is C24H51N. The Bertz CT molecular complexity index is 227. The van der Waals surface area contributed by atoms with Gasteiger partial charge in [0.2, 0.25) is 0 Å². The fourth-order valence-corrected chi connectivity index (χ4v) is 4.29. The van der Waals surface area contributed by atoms with Gasteiger partial charge in [-0.3, -0.25) is 0 Å². The van der Waals surface area contributed by atoms with Crippen molar-refractivity contribution in [1.82, 2.24) is 0 Å². The van der Waals surface area contributed by atoms with Crippen LogP contribution in [0.2, 0.25) is 0 Å². The molecule has 0 rings (SSSR count). The largest absolute Gasteiger partial charge is 0.330 e. The second-order valence-corrected chi connectivity index (χ2v) is 8.53. The molecule has 0 aromatic rings. The molecule has 0 aliphatic carbocycles. The third-order valence-corrected chi connectivity index (χ3v) is 6.09. The van der Waals surface area contributed by atoms with Gasteiger partial charge in [0.1, 0.15) is 0 Å². The van der Waals surface area contributed by atoms with Crippen molar-refractivity contribution >= 4 is 0 Å². The van der Waals surface area contributed by atoms with Crippen molar-refractivity contribution in [3.05, 3.63) is 0 Å². The van der Waals surface area contributed by atoms with Crippen LogP contribution >= 0.6 is 0 Å². The lowest BCUT2D eigenvalue weighted by molar-refractivity contribution is 0.175. The highest BCUT2D eigenvalue weighted by Crippen LogP contribution is 2.41. The van der Waals surface area contributed by atoms with Crippen LogP contribution in [0.4, 0.5) is 0 Å². The molecular weight excluding hydrogens is 302 g/mol. The van der Waals surface area contributed by atoms with Crippen molar-refractivity contribution in [2.45, 2.75) is 143 Å². The Morgan fingerprint density at radius 3 is 1.12 bits per heavy atom. The summed E-state index contributed by atoms with van der Waals surface area (Å²) in [7, 11) is 0. The van der Waals surface area contributed by atoms with Crippen LogP contribution < -0.4 is 5.73 Å². The van der Waals surface area contributed by atoms with E-state index in [1.807, 2.05) is 0 Å². The minimum Gasteiger partial charge on any atom is -0.330 e. The molecule has 0 radical (unpaired) electrons. The molecule has 1 nitrogen and oxygen atoms in total. The monoisotopic (exact) mass is 353 g/mol. The maximum Gasteiger partial charge on any atom is -0.00773 e. The number of nitrogens with two attached hydrogens (primary N) is 1. The zero-order valence-electron chi connectivity index (χ0n) is 18.2. The summed E-state index contributed by atoms with van der Waals surface area (Å²) in [5.41, 5.74) is 6.24. The predicted molar refractivity (Wildman–Crippen MR) is 116 cm³/mol. The summed E-state index contributed by atoms with van der Waals surface area (Å²) in [6.45, 7) is 7.95. The lowest BCUT2D eigenvalue weighted by atomic mass is 9.71. The highest BCUT2D eigenvalue weighted by molar-refractivity contribution is 4.79. The highest BCUT2D eigenvalue weighted by Gasteiger charge is 2.27. The first-order valence-corrected chi connectivity index (χ1v) is 11.9. The standard InChI is InChI=1S/C24H51N/c1-4-7-19-24(20-8-5-2,21-9-6-3)22-17-15-13-11-10-12-14-16-18-23-25/h4-23,25H2,1-3H3. The van der Waals surface area contributed by atoms with E-state index in [1.54, 1.807) is 0 Å². The van der Waals surface area contributed by atoms with Gasteiger partial charge >= 0.3 is 0 Å². The fraction of sp³-hybridized carbons (Fsp3) is 1.00. The molecule has 2 N–H and O–H groups in total. The summed E-state index contributed by atoms with van der Waals surface area (Å²) in [6.07, 6.45) is 27.1. The van der Waals surface area contributed by atoms with Gasteiger partial charge in [0.25, 0.3) is 0 Å². The van der Waals surface area contributed by atoms with Gasteiger partial charge in [-0.1, -0.05) is 111 Å². The summed E-state index contributed by atoms with van der Waals surface area (Å²) >= 11 is 0. The molecule has 0 aromatic carbocycles. The summed E-state index contributed by atoms with van der Waals surface area (Å²) in [5.74, 6) is 0. The smallest absolute Gasteiger partial charge is 0.00773 e. The van der Waals surface area contributed by atoms with Crippen molar-refractivity contribution in [3.8, 4) is 0 Å². The topological polar surface area (TPSA) is 26.0 Å². The normalized spacial score (nSPS) is 12.0. The molecule has 0 saturated carbocycles. The van der Waals surface area contributed by atoms with E-state index in [0.29, 0.717) is 5.41 Å². The van der Waals surface area contributed by atoms with Gasteiger partial charge in [0.05, 0.1) is 0 Å². The first-order valence-electron chi connectivity index (χ1n) is 11.9. The van der Waals surface area contributed by atoms with Crippen molar-refractivity contribution in [3.63, 3.8) is 0 Å². The first-order chi connectivity index (χ1) is 12.2. The molecule has 25 heavy (non-hydrogen) atoms. The van der Waals surface area contributed by atoms with E-state index in [2.05, 4.69) is 20.8 Å². The molecule has 0 spiro atoms. The zero-order chi connectivity index (χ0) is 18.6. The molecule has 0 bridgehead atoms. The van der Waals surface area contributed by atoms with E-state index in [4.69, 9.17) is 5.73 Å². The Morgan fingerprint density at radius 1 is 0.440 bits per heavy atom. The van der Waals surface area contributed by atoms with E-state index in [-0.39, 0.29) is 0 Å². The van der Waals surface area contributed by atoms with Crippen LogP contribution in [0.15, 0.2) is 0 Å². The van der Waals surface area contributed by atoms with Gasteiger partial charge in [-0.05, 0) is 44.1 Å². The Labute approximate surface area is 160 Å². The molecule has 0 atom stereocenters. The molecule has 0 amide bonds. The maximum atomic E-state index is 5.55. The van der Waals surface area contributed by atoms with Crippen molar-refractivity contribution in [1.29, 1.82) is 0 Å². The van der Waals surface area contributed by atoms with E-state index in [9.17, 15) is 0 Å². The van der Waals surface area contributed by atoms with Crippen LogP contribution in [0.3, 0.4) is 0 Å². The van der Waals surface area contributed by atoms with Gasteiger partial charge < -0.3 is 5.73 Å². The van der Waals surface area contributed by atoms with E-state index in [0.717, 1.165) is 6.54 Å². The molecule has 0 saturated heterocycles. The second-order valence-electron chi connectivity index (χ2n) is 8.53. The van der Waals surface area contributed by atoms with Crippen LogP contribution in [-0.4, -0.2) is 6.54 Å². The predicted octanol–water partition coefficient (Wildman–Crippen LogP) is 8.40. The summed E-state index contributed by atoms with van der Waals surface area (Å²) in [4.78, 5) is 0. The zero-order valence-corrected chi connectivity index (χ0v) is 18.2. The van der Waals surface area contributed by atoms with Crippen LogP contribution in [-0.2, 0) is 0 Å². The van der Waals surface area contributed by atoms with Crippen molar-refractivity contribution < 1.29 is 0 Å². The van der Waals surface area contributed by atoms with Crippen molar-refractivity contribution in [2.75, 3.05) is 6.54 Å². The molecule has 0 unspecified atom stereocenters. The molecule has 0 aromatic heterocycles. The first kappa shape index (κ1) is 25.0. The third-order valence-electron chi connectivity index (χ3n) is 6.09. The van der Waals surface area contributed by atoms with Gasteiger partial charge in [-0.2, -0.15) is 0 Å². The van der Waals surface area contributed by atoms with Crippen molar-refractivity contribution in [2.24, 2.45) is 11.1 Å². The van der Waals surface area contributed by atoms with Gasteiger partial charge in [-0.15, -0.1) is 0 Å². The third kappa shape index (κ3) is 14.8. The van der Waals surface area contributed by atoms with Crippen LogP contribution in [0.1, 0.15) is 143 Å². The molecule has 0 aliphatic rings. The van der Waals surface area contributed by atoms with Gasteiger partial charge in [0.15, 0.2) is 0 Å². The van der Waals surface area contributed by atoms with Crippen LogP contribution in [0.5, 0.6) is 0 Å². The quantitative estimate of drug-likeness (QED) is 0.218. The van der Waals surface area contributed by atoms with Gasteiger partial charge in [0, 0.05) is 0 Å². The minimum atomic E-state index is 0.685. The highest BCUT2D eigenvalue weighted by atomic mass is 14.5. The summed E-state index contributed by atoms with van der Waals surface area (Å²) in [6, 6.07) is 0. The number of unbranched alkanes of at least 4 members (excludes halogenated alkanes) is 11. The number of rotatable bonds is 20. The maximum absolute atomic E-state index is 5.55. The Hall–Kier alpha value is -0.0400. The molecule has 1 heteroatoms. The Kier molecular flexibility index (Phi) is 18.7. The Balaban J connectivity index is 4.01. The van der Waals surface area contributed by atoms with E-state index >= 15 is 0 Å². The Morgan fingerprint density at radius 2 is 0.760 bits per heavy atom. The second kappa shape index (κ2) is 18.7. The van der Waals surface area contributed by atoms with E-state index < -0.39 is 0 Å². The molecule has 0 fully saturated rings. The minimum absolute atomic E-state index is 0.685. The van der Waals surface area contributed by atoms with Gasteiger partial charge in [-0.25, -0.2) is 0 Å². The summed E-state index contributed by atoms with van der Waals surface area (Å²) in [5, 5.41) is 0. The average Bonchev–Trinajstić information content (AvgIpc) is 2.64. The lowest BCUT2D eigenvalue weighted by Gasteiger charge is -2.35. The summed E-state index contributed by atoms with van der Waals surface area (Å²) < 4.78 is 0.